The topological polar surface area (TPSA) is 17.1 Å². The maximum absolute atomic E-state index is 12.1. The molecule has 0 aliphatic heterocycles. The second-order valence-corrected chi connectivity index (χ2v) is 11.2. The lowest BCUT2D eigenvalue weighted by Crippen LogP contribution is -2.50. The fraction of sp³-hybridized carbons (Fsp3) is 0.889. The lowest BCUT2D eigenvalue weighted by atomic mass is 9.46. The summed E-state index contributed by atoms with van der Waals surface area (Å²) in [4.78, 5) is 12.1. The van der Waals surface area contributed by atoms with E-state index in [0.717, 1.165) is 49.9 Å². The molecule has 4 aliphatic rings. The monoisotopic (exact) mass is 389 g/mol. The van der Waals surface area contributed by atoms with E-state index in [-0.39, 0.29) is 12.3 Å². The highest BCUT2D eigenvalue weighted by molar-refractivity contribution is 5.91. The van der Waals surface area contributed by atoms with Gasteiger partial charge in [0.25, 0.3) is 0 Å². The first-order valence-corrected chi connectivity index (χ1v) is 11.9. The van der Waals surface area contributed by atoms with Crippen molar-refractivity contribution in [1.29, 1.82) is 0 Å². The highest BCUT2D eigenvalue weighted by Crippen LogP contribution is 2.67. The van der Waals surface area contributed by atoms with E-state index in [1.54, 1.807) is 0 Å². The van der Waals surface area contributed by atoms with E-state index in [4.69, 9.17) is 6.85 Å². The van der Waals surface area contributed by atoms with Crippen LogP contribution in [-0.4, -0.2) is 5.78 Å². The molecule has 0 aromatic carbocycles. The molecule has 0 aromatic rings. The van der Waals surface area contributed by atoms with Crippen molar-refractivity contribution in [3.8, 4) is 0 Å². The standard InChI is InChI=1S/C27H44O/c1-18(2)7-6-8-19(3)23-11-12-24-22-10-9-20-17-21(28)13-15-26(20,4)25(22)14-16-27(23,24)5/h17-19,22-25H,6-16H2,1-5H3/t19-,22+,23-,24+,25+,26+,27-/m1/s1/i1D,2D3,18D/t18?,19-,22+,23-,24+,25+,26+,27-. The molecule has 0 aromatic heterocycles. The summed E-state index contributed by atoms with van der Waals surface area (Å²) in [5.41, 5.74) is 2.03. The molecule has 28 heavy (non-hydrogen) atoms. The maximum atomic E-state index is 12.1. The zero-order valence-electron chi connectivity index (χ0n) is 23.4. The van der Waals surface area contributed by atoms with Crippen LogP contribution in [0.5, 0.6) is 0 Å². The van der Waals surface area contributed by atoms with Gasteiger partial charge in [-0.15, -0.1) is 0 Å². The molecule has 1 nitrogen and oxygen atoms in total. The molecule has 1 heteroatoms. The van der Waals surface area contributed by atoms with Crippen molar-refractivity contribution in [2.75, 3.05) is 0 Å². The molecule has 0 amide bonds. The number of carbonyl (C=O) groups is 1. The van der Waals surface area contributed by atoms with Gasteiger partial charge in [-0.2, -0.15) is 0 Å². The van der Waals surface area contributed by atoms with Gasteiger partial charge in [0.1, 0.15) is 0 Å². The number of hydrogen-bond acceptors (Lipinski definition) is 1. The van der Waals surface area contributed by atoms with Gasteiger partial charge in [-0.3, -0.25) is 4.79 Å². The molecule has 4 aliphatic carbocycles. The summed E-state index contributed by atoms with van der Waals surface area (Å²) in [7, 11) is 0. The zero-order valence-corrected chi connectivity index (χ0v) is 18.4. The van der Waals surface area contributed by atoms with Gasteiger partial charge < -0.3 is 0 Å². The summed E-state index contributed by atoms with van der Waals surface area (Å²) < 4.78 is 38.9. The third kappa shape index (κ3) is 3.33. The number of hydrogen-bond donors (Lipinski definition) is 0. The van der Waals surface area contributed by atoms with Gasteiger partial charge in [0.15, 0.2) is 5.78 Å². The average molecular weight is 390 g/mol. The van der Waals surface area contributed by atoms with E-state index < -0.39 is 12.7 Å². The molecule has 1 unspecified atom stereocenters. The van der Waals surface area contributed by atoms with Crippen LogP contribution >= 0.6 is 0 Å². The number of allylic oxidation sites excluding steroid dienone is 1. The summed E-state index contributed by atoms with van der Waals surface area (Å²) in [5.74, 6) is 2.17. The Labute approximate surface area is 181 Å². The number of rotatable bonds is 5. The minimum atomic E-state index is -2.38. The molecule has 0 N–H and O–H groups in total. The van der Waals surface area contributed by atoms with Gasteiger partial charge in [0.05, 0.1) is 0 Å². The molecule has 4 rings (SSSR count). The van der Waals surface area contributed by atoms with Crippen molar-refractivity contribution >= 4 is 5.78 Å². The molecule has 0 spiro atoms. The van der Waals surface area contributed by atoms with E-state index in [2.05, 4.69) is 20.8 Å². The fourth-order valence-corrected chi connectivity index (χ4v) is 8.37. The third-order valence-electron chi connectivity index (χ3n) is 9.86. The molecule has 158 valence electrons. The van der Waals surface area contributed by atoms with E-state index in [1.165, 1.54) is 37.7 Å². The minimum Gasteiger partial charge on any atom is -0.295 e. The first-order valence-electron chi connectivity index (χ1n) is 14.6. The van der Waals surface area contributed by atoms with Crippen LogP contribution in [0.25, 0.3) is 0 Å². The minimum absolute atomic E-state index is 0.227. The number of fused-ring (bicyclic) bond motifs is 5. The van der Waals surface area contributed by atoms with Crippen LogP contribution in [0.4, 0.5) is 0 Å². The van der Waals surface area contributed by atoms with Crippen molar-refractivity contribution in [3.63, 3.8) is 0 Å². The highest BCUT2D eigenvalue weighted by atomic mass is 16.1. The largest absolute Gasteiger partial charge is 0.295 e. The van der Waals surface area contributed by atoms with Crippen molar-refractivity contribution in [3.05, 3.63) is 11.6 Å². The predicted molar refractivity (Wildman–Crippen MR) is 118 cm³/mol. The van der Waals surface area contributed by atoms with Crippen molar-refractivity contribution in [2.45, 2.75) is 105 Å². The van der Waals surface area contributed by atoms with E-state index >= 15 is 0 Å². The number of ketones is 1. The lowest BCUT2D eigenvalue weighted by Gasteiger charge is -2.58. The van der Waals surface area contributed by atoms with E-state index in [1.807, 2.05) is 6.08 Å². The molecule has 3 saturated carbocycles. The van der Waals surface area contributed by atoms with Crippen LogP contribution in [0.3, 0.4) is 0 Å². The first-order chi connectivity index (χ1) is 15.4. The molecular weight excluding hydrogens is 340 g/mol. The van der Waals surface area contributed by atoms with Gasteiger partial charge in [-0.1, -0.05) is 59.4 Å². The molecule has 3 fully saturated rings. The van der Waals surface area contributed by atoms with Crippen LogP contribution in [0.1, 0.15) is 112 Å². The van der Waals surface area contributed by atoms with Gasteiger partial charge in [-0.25, -0.2) is 0 Å². The molecule has 0 bridgehead atoms. The first kappa shape index (κ1) is 15.2. The van der Waals surface area contributed by atoms with Crippen LogP contribution in [0, 0.1) is 46.3 Å². The molecule has 8 atom stereocenters. The Morgan fingerprint density at radius 1 is 1.14 bits per heavy atom. The van der Waals surface area contributed by atoms with Crippen molar-refractivity contribution in [2.24, 2.45) is 46.3 Å². The van der Waals surface area contributed by atoms with Gasteiger partial charge in [0.2, 0.25) is 0 Å². The summed E-state index contributed by atoms with van der Waals surface area (Å²) in [6.07, 6.45) is 13.2. The Bertz CT molecular complexity index is 790. The van der Waals surface area contributed by atoms with E-state index in [0.29, 0.717) is 29.5 Å². The third-order valence-corrected chi connectivity index (χ3v) is 9.86. The number of carbonyl (C=O) groups excluding carboxylic acids is 1. The summed E-state index contributed by atoms with van der Waals surface area (Å²) in [6, 6.07) is 0. The second kappa shape index (κ2) is 7.59. The summed E-state index contributed by atoms with van der Waals surface area (Å²) >= 11 is 0. The van der Waals surface area contributed by atoms with Gasteiger partial charge >= 0.3 is 0 Å². The van der Waals surface area contributed by atoms with Crippen molar-refractivity contribution < 1.29 is 11.6 Å². The maximum Gasteiger partial charge on any atom is 0.155 e. The average Bonchev–Trinajstić information content (AvgIpc) is 3.10. The smallest absolute Gasteiger partial charge is 0.155 e. The van der Waals surface area contributed by atoms with Gasteiger partial charge in [-0.05, 0) is 97.3 Å². The van der Waals surface area contributed by atoms with Crippen LogP contribution in [-0.2, 0) is 4.79 Å². The lowest BCUT2D eigenvalue weighted by molar-refractivity contribution is -0.117. The Morgan fingerprint density at radius 2 is 2.00 bits per heavy atom. The zero-order chi connectivity index (χ0) is 24.2. The predicted octanol–water partition coefficient (Wildman–Crippen LogP) is 7.60. The molecular formula is C27H44O. The molecule has 0 heterocycles. The Morgan fingerprint density at radius 3 is 2.79 bits per heavy atom. The van der Waals surface area contributed by atoms with Crippen molar-refractivity contribution in [1.82, 2.24) is 0 Å². The summed E-state index contributed by atoms with van der Waals surface area (Å²) in [6.45, 7) is 4.60. The Kier molecular flexibility index (Phi) is 4.13. The van der Waals surface area contributed by atoms with Crippen LogP contribution in [0.2, 0.25) is 0 Å². The Hall–Kier alpha value is -0.590. The normalized spacial score (nSPS) is 49.0. The Balaban J connectivity index is 1.43. The molecule has 0 radical (unpaired) electrons. The SMILES string of the molecule is [2H]CC([2H])(CCC[C@@H](C)[C@H]1CC[C@H]2[C@@H]3CCC4=CC(=O)CC[C@]4(C)[C@H]3CC[C@]12C)C([2H])([2H])[2H]. The van der Waals surface area contributed by atoms with E-state index in [9.17, 15) is 4.79 Å². The molecule has 0 saturated heterocycles. The van der Waals surface area contributed by atoms with Crippen LogP contribution < -0.4 is 0 Å². The summed E-state index contributed by atoms with van der Waals surface area (Å²) in [5, 5.41) is 0. The highest BCUT2D eigenvalue weighted by Gasteiger charge is 2.59. The fourth-order valence-electron chi connectivity index (χ4n) is 8.37. The second-order valence-electron chi connectivity index (χ2n) is 11.2. The van der Waals surface area contributed by atoms with Gasteiger partial charge in [0, 0.05) is 13.3 Å². The van der Waals surface area contributed by atoms with Crippen LogP contribution in [0.15, 0.2) is 11.6 Å². The quantitative estimate of drug-likeness (QED) is 0.473.